The Balaban J connectivity index is 1.88. The molecule has 1 aromatic heterocycles. The number of hydrogen-bond acceptors (Lipinski definition) is 4. The molecule has 33 heavy (non-hydrogen) atoms. The van der Waals surface area contributed by atoms with Gasteiger partial charge in [0.15, 0.2) is 5.78 Å². The Labute approximate surface area is 188 Å². The zero-order valence-electron chi connectivity index (χ0n) is 18.1. The summed E-state index contributed by atoms with van der Waals surface area (Å²) in [7, 11) is 0. The van der Waals surface area contributed by atoms with Crippen LogP contribution in [-0.4, -0.2) is 39.2 Å². The molecular weight excluding hydrogens is 435 g/mol. The van der Waals surface area contributed by atoms with Crippen molar-refractivity contribution in [2.75, 3.05) is 0 Å². The van der Waals surface area contributed by atoms with Crippen LogP contribution in [0.25, 0.3) is 0 Å². The summed E-state index contributed by atoms with van der Waals surface area (Å²) in [5.41, 5.74) is -4.26. The lowest BCUT2D eigenvalue weighted by molar-refractivity contribution is -0.190. The lowest BCUT2D eigenvalue weighted by Gasteiger charge is -2.35. The number of aromatic nitrogens is 1. The average molecular weight is 457 g/mol. The SMILES string of the molecule is CC1(C)CC(=O)C2=C(C1)N(Cc1ccccc1)C(=O)[C@@]2(NC(=O)c1ccncc1)C(F)(F)F. The van der Waals surface area contributed by atoms with Crippen molar-refractivity contribution in [1.29, 1.82) is 0 Å². The number of benzene rings is 1. The quantitative estimate of drug-likeness (QED) is 0.758. The van der Waals surface area contributed by atoms with Gasteiger partial charge in [-0.05, 0) is 29.5 Å². The van der Waals surface area contributed by atoms with E-state index in [2.05, 4.69) is 4.98 Å². The van der Waals surface area contributed by atoms with Crippen LogP contribution in [0, 0.1) is 5.41 Å². The van der Waals surface area contributed by atoms with Gasteiger partial charge in [0.25, 0.3) is 11.8 Å². The maximum absolute atomic E-state index is 14.7. The number of rotatable bonds is 4. The van der Waals surface area contributed by atoms with Crippen LogP contribution in [0.5, 0.6) is 0 Å². The second-order valence-electron chi connectivity index (χ2n) is 9.08. The fourth-order valence-electron chi connectivity index (χ4n) is 4.50. The topological polar surface area (TPSA) is 79.4 Å². The van der Waals surface area contributed by atoms with E-state index in [1.807, 2.05) is 5.32 Å². The normalized spacial score (nSPS) is 22.4. The second kappa shape index (κ2) is 7.83. The van der Waals surface area contributed by atoms with E-state index < -0.39 is 40.3 Å². The first-order valence-electron chi connectivity index (χ1n) is 10.4. The molecule has 6 nitrogen and oxygen atoms in total. The van der Waals surface area contributed by atoms with E-state index in [0.717, 1.165) is 4.90 Å². The van der Waals surface area contributed by atoms with Gasteiger partial charge in [-0.15, -0.1) is 0 Å². The van der Waals surface area contributed by atoms with Crippen LogP contribution in [0.3, 0.4) is 0 Å². The fourth-order valence-corrected chi connectivity index (χ4v) is 4.50. The Morgan fingerprint density at radius 3 is 2.30 bits per heavy atom. The summed E-state index contributed by atoms with van der Waals surface area (Å²) >= 11 is 0. The zero-order valence-corrected chi connectivity index (χ0v) is 18.1. The van der Waals surface area contributed by atoms with Crippen LogP contribution in [0.4, 0.5) is 13.2 Å². The van der Waals surface area contributed by atoms with Crippen molar-refractivity contribution >= 4 is 17.6 Å². The molecule has 1 aliphatic carbocycles. The van der Waals surface area contributed by atoms with Crippen molar-refractivity contribution < 1.29 is 27.6 Å². The molecule has 0 saturated carbocycles. The number of pyridine rings is 1. The summed E-state index contributed by atoms with van der Waals surface area (Å²) in [5, 5.41) is 1.91. The smallest absolute Gasteiger partial charge is 0.326 e. The van der Waals surface area contributed by atoms with Gasteiger partial charge in [0.1, 0.15) is 0 Å². The summed E-state index contributed by atoms with van der Waals surface area (Å²) in [6.45, 7) is 3.39. The van der Waals surface area contributed by atoms with Gasteiger partial charge in [-0.25, -0.2) is 0 Å². The van der Waals surface area contributed by atoms with Crippen LogP contribution in [-0.2, 0) is 16.1 Å². The van der Waals surface area contributed by atoms with Crippen LogP contribution in [0.2, 0.25) is 0 Å². The molecule has 0 fully saturated rings. The van der Waals surface area contributed by atoms with Crippen molar-refractivity contribution in [2.45, 2.75) is 44.9 Å². The van der Waals surface area contributed by atoms with Crippen molar-refractivity contribution in [2.24, 2.45) is 5.41 Å². The highest BCUT2D eigenvalue weighted by Crippen LogP contribution is 2.52. The van der Waals surface area contributed by atoms with Crippen molar-refractivity contribution in [3.63, 3.8) is 0 Å². The van der Waals surface area contributed by atoms with Gasteiger partial charge in [0.2, 0.25) is 5.54 Å². The van der Waals surface area contributed by atoms with Gasteiger partial charge >= 0.3 is 6.18 Å². The highest BCUT2D eigenvalue weighted by Gasteiger charge is 2.71. The molecule has 9 heteroatoms. The van der Waals surface area contributed by atoms with E-state index in [0.29, 0.717) is 5.56 Å². The van der Waals surface area contributed by atoms with Crippen LogP contribution in [0.15, 0.2) is 66.1 Å². The highest BCUT2D eigenvalue weighted by atomic mass is 19.4. The molecule has 0 unspecified atom stereocenters. The first kappa shape index (κ1) is 22.7. The van der Waals surface area contributed by atoms with Crippen molar-refractivity contribution in [1.82, 2.24) is 15.2 Å². The Morgan fingerprint density at radius 2 is 1.70 bits per heavy atom. The van der Waals surface area contributed by atoms with Gasteiger partial charge in [-0.2, -0.15) is 13.2 Å². The molecule has 1 N–H and O–H groups in total. The molecule has 0 saturated heterocycles. The molecule has 2 aliphatic rings. The molecule has 4 rings (SSSR count). The molecule has 0 spiro atoms. The van der Waals surface area contributed by atoms with Gasteiger partial charge in [-0.3, -0.25) is 19.4 Å². The van der Waals surface area contributed by atoms with Crippen LogP contribution < -0.4 is 5.32 Å². The number of allylic oxidation sites excluding steroid dienone is 1. The predicted octanol–water partition coefficient (Wildman–Crippen LogP) is 3.80. The van der Waals surface area contributed by atoms with E-state index in [1.54, 1.807) is 44.2 Å². The number of alkyl halides is 3. The van der Waals surface area contributed by atoms with Crippen LogP contribution >= 0.6 is 0 Å². The van der Waals surface area contributed by atoms with E-state index in [-0.39, 0.29) is 30.6 Å². The van der Waals surface area contributed by atoms with E-state index >= 15 is 0 Å². The number of halogens is 3. The number of Topliss-reactive ketones (excluding diaryl/α,β-unsaturated/α-hetero) is 1. The standard InChI is InChI=1S/C24H22F3N3O3/c1-22(2)12-17-19(18(31)13-22)23(24(25,26)27,29-20(32)16-8-10-28-11-9-16)21(33)30(17)14-15-6-4-3-5-7-15/h3-11H,12-14H2,1-2H3,(H,29,32)/t23-/m1/s1. The largest absolute Gasteiger partial charge is 0.425 e. The van der Waals surface area contributed by atoms with Gasteiger partial charge in [0, 0.05) is 30.1 Å². The van der Waals surface area contributed by atoms with Crippen molar-refractivity contribution in [3.8, 4) is 0 Å². The molecule has 1 aromatic carbocycles. The first-order chi connectivity index (χ1) is 15.5. The van der Waals surface area contributed by atoms with Gasteiger partial charge in [0.05, 0.1) is 12.1 Å². The Kier molecular flexibility index (Phi) is 5.38. The zero-order chi connectivity index (χ0) is 24.0. The van der Waals surface area contributed by atoms with E-state index in [1.165, 1.54) is 24.5 Å². The Bertz CT molecular complexity index is 1140. The second-order valence-corrected chi connectivity index (χ2v) is 9.08. The lowest BCUT2D eigenvalue weighted by atomic mass is 9.72. The number of carbonyl (C=O) groups excluding carboxylic acids is 3. The third-order valence-corrected chi connectivity index (χ3v) is 5.97. The minimum absolute atomic E-state index is 0.0115. The Hall–Kier alpha value is -3.49. The van der Waals surface area contributed by atoms with Crippen molar-refractivity contribution in [3.05, 3.63) is 77.3 Å². The molecule has 2 aromatic rings. The highest BCUT2D eigenvalue weighted by molar-refractivity contribution is 6.14. The maximum Gasteiger partial charge on any atom is 0.425 e. The molecule has 0 radical (unpaired) electrons. The average Bonchev–Trinajstić information content (AvgIpc) is 2.97. The van der Waals surface area contributed by atoms with Gasteiger partial charge < -0.3 is 10.2 Å². The number of carbonyl (C=O) groups is 3. The monoisotopic (exact) mass is 457 g/mol. The number of ketones is 1. The lowest BCUT2D eigenvalue weighted by Crippen LogP contribution is -2.66. The minimum Gasteiger partial charge on any atom is -0.326 e. The van der Waals surface area contributed by atoms with E-state index in [9.17, 15) is 27.6 Å². The predicted molar refractivity (Wildman–Crippen MR) is 113 cm³/mol. The summed E-state index contributed by atoms with van der Waals surface area (Å²) in [6, 6.07) is 11.0. The summed E-state index contributed by atoms with van der Waals surface area (Å²) in [6.07, 6.45) is -2.80. The number of nitrogens with one attached hydrogen (secondary N) is 1. The molecule has 0 bridgehead atoms. The molecule has 1 aliphatic heterocycles. The maximum atomic E-state index is 14.7. The summed E-state index contributed by atoms with van der Waals surface area (Å²) in [4.78, 5) is 44.3. The summed E-state index contributed by atoms with van der Waals surface area (Å²) in [5.74, 6) is -3.29. The van der Waals surface area contributed by atoms with Crippen LogP contribution in [0.1, 0.15) is 42.6 Å². The number of hydrogen-bond donors (Lipinski definition) is 1. The third kappa shape index (κ3) is 3.81. The number of nitrogens with zero attached hydrogens (tertiary/aromatic N) is 2. The molecular formula is C24H22F3N3O3. The van der Waals surface area contributed by atoms with Gasteiger partial charge in [-0.1, -0.05) is 44.2 Å². The first-order valence-corrected chi connectivity index (χ1v) is 10.4. The molecule has 2 heterocycles. The Morgan fingerprint density at radius 1 is 1.06 bits per heavy atom. The fraction of sp³-hybridized carbons (Fsp3) is 0.333. The number of amides is 2. The minimum atomic E-state index is -5.24. The molecule has 172 valence electrons. The molecule has 2 amide bonds. The third-order valence-electron chi connectivity index (χ3n) is 5.97. The summed E-state index contributed by atoms with van der Waals surface area (Å²) < 4.78 is 44.2. The van der Waals surface area contributed by atoms with E-state index in [4.69, 9.17) is 0 Å². The molecule has 1 atom stereocenters.